The Bertz CT molecular complexity index is 694. The second-order valence-corrected chi connectivity index (χ2v) is 7.00. The Hall–Kier alpha value is -2.74. The molecule has 0 saturated heterocycles. The van der Waals surface area contributed by atoms with Crippen molar-refractivity contribution in [2.75, 3.05) is 7.11 Å². The zero-order valence-corrected chi connectivity index (χ0v) is 15.9. The smallest absolute Gasteiger partial charge is 0.338 e. The molecule has 1 atom stereocenters. The van der Waals surface area contributed by atoms with Crippen LogP contribution < -0.4 is 5.73 Å². The highest BCUT2D eigenvalue weighted by Gasteiger charge is 2.47. The zero-order valence-electron chi connectivity index (χ0n) is 15.9. The van der Waals surface area contributed by atoms with E-state index in [-0.39, 0.29) is 6.61 Å². The first-order valence-electron chi connectivity index (χ1n) is 8.30. The van der Waals surface area contributed by atoms with Gasteiger partial charge >= 0.3 is 17.9 Å². The normalized spacial score (nSPS) is 13.2. The lowest BCUT2D eigenvalue weighted by Crippen LogP contribution is -2.57. The molecule has 148 valence electrons. The van der Waals surface area contributed by atoms with Gasteiger partial charge in [0.2, 0.25) is 5.54 Å². The van der Waals surface area contributed by atoms with Gasteiger partial charge in [-0.3, -0.25) is 9.59 Å². The summed E-state index contributed by atoms with van der Waals surface area (Å²) in [5.74, 6) is -3.76. The van der Waals surface area contributed by atoms with Gasteiger partial charge in [-0.15, -0.1) is 0 Å². The number of Topliss-reactive ketones (excluding diaryl/α,β-unsaturated/α-hetero) is 1. The molecule has 8 nitrogen and oxygen atoms in total. The van der Waals surface area contributed by atoms with Crippen molar-refractivity contribution in [3.05, 3.63) is 35.9 Å². The van der Waals surface area contributed by atoms with Crippen molar-refractivity contribution in [2.45, 2.75) is 51.4 Å². The molecule has 0 saturated carbocycles. The summed E-state index contributed by atoms with van der Waals surface area (Å²) in [6.07, 6.45) is -1.37. The monoisotopic (exact) mass is 379 g/mol. The van der Waals surface area contributed by atoms with E-state index in [9.17, 15) is 19.2 Å². The number of hydrogen-bond acceptors (Lipinski definition) is 8. The summed E-state index contributed by atoms with van der Waals surface area (Å²) in [5.41, 5.74) is 3.41. The number of rotatable bonds is 8. The van der Waals surface area contributed by atoms with Gasteiger partial charge in [-0.2, -0.15) is 0 Å². The number of ether oxygens (including phenoxy) is 3. The third-order valence-corrected chi connectivity index (χ3v) is 3.36. The number of ketones is 1. The summed E-state index contributed by atoms with van der Waals surface area (Å²) in [7, 11) is 1.03. The number of esters is 3. The number of hydrogen-bond donors (Lipinski definition) is 1. The molecular weight excluding hydrogens is 354 g/mol. The van der Waals surface area contributed by atoms with Crippen LogP contribution in [-0.4, -0.2) is 41.9 Å². The Morgan fingerprint density at radius 3 is 2.11 bits per heavy atom. The van der Waals surface area contributed by atoms with Crippen LogP contribution in [0, 0.1) is 0 Å². The van der Waals surface area contributed by atoms with Crippen LogP contribution in [0.1, 0.15) is 39.2 Å². The topological polar surface area (TPSA) is 122 Å². The van der Waals surface area contributed by atoms with Crippen molar-refractivity contribution in [3.63, 3.8) is 0 Å². The fourth-order valence-electron chi connectivity index (χ4n) is 2.17. The first kappa shape index (κ1) is 22.3. The van der Waals surface area contributed by atoms with Crippen molar-refractivity contribution in [3.8, 4) is 0 Å². The molecule has 1 unspecified atom stereocenters. The molecule has 0 radical (unpaired) electrons. The van der Waals surface area contributed by atoms with Crippen molar-refractivity contribution in [2.24, 2.45) is 5.73 Å². The minimum absolute atomic E-state index is 0.129. The summed E-state index contributed by atoms with van der Waals surface area (Å²) in [4.78, 5) is 48.3. The van der Waals surface area contributed by atoms with E-state index in [4.69, 9.17) is 15.2 Å². The highest BCUT2D eigenvalue weighted by Crippen LogP contribution is 2.17. The second-order valence-electron chi connectivity index (χ2n) is 7.00. The fourth-order valence-corrected chi connectivity index (χ4v) is 2.17. The molecular formula is C19H25NO7. The molecule has 2 N–H and O–H groups in total. The highest BCUT2D eigenvalue weighted by atomic mass is 16.6. The van der Waals surface area contributed by atoms with Crippen LogP contribution in [0.25, 0.3) is 0 Å². The van der Waals surface area contributed by atoms with E-state index in [1.807, 2.05) is 0 Å². The van der Waals surface area contributed by atoms with Gasteiger partial charge in [-0.1, -0.05) is 30.3 Å². The average Bonchev–Trinajstić information content (AvgIpc) is 2.57. The van der Waals surface area contributed by atoms with Crippen molar-refractivity contribution < 1.29 is 33.4 Å². The molecule has 1 rings (SSSR count). The molecule has 0 fully saturated rings. The van der Waals surface area contributed by atoms with Crippen LogP contribution in [0.3, 0.4) is 0 Å². The Morgan fingerprint density at radius 2 is 1.59 bits per heavy atom. The lowest BCUT2D eigenvalue weighted by Gasteiger charge is -2.24. The van der Waals surface area contributed by atoms with E-state index >= 15 is 0 Å². The zero-order chi connectivity index (χ0) is 20.7. The van der Waals surface area contributed by atoms with Crippen molar-refractivity contribution in [1.29, 1.82) is 0 Å². The van der Waals surface area contributed by atoms with Gasteiger partial charge in [0.15, 0.2) is 0 Å². The third-order valence-electron chi connectivity index (χ3n) is 3.36. The van der Waals surface area contributed by atoms with Crippen LogP contribution in [0.2, 0.25) is 0 Å². The molecule has 0 spiro atoms. The van der Waals surface area contributed by atoms with Crippen LogP contribution >= 0.6 is 0 Å². The number of benzene rings is 1. The number of carbonyl (C=O) groups is 4. The minimum Gasteiger partial charge on any atom is -0.467 e. The molecule has 1 aromatic rings. The maximum Gasteiger partial charge on any atom is 0.338 e. The summed E-state index contributed by atoms with van der Waals surface area (Å²) in [6, 6.07) is 8.74. The maximum absolute atomic E-state index is 12.4. The quantitative estimate of drug-likeness (QED) is 0.407. The van der Waals surface area contributed by atoms with E-state index in [0.717, 1.165) is 7.11 Å². The standard InChI is InChI=1S/C19H25NO7/c1-18(2,3)27-15(22)10-14(21)11-19(20,16(23)25-4)17(24)26-12-13-8-6-5-7-9-13/h5-9H,10-12,20H2,1-4H3. The Labute approximate surface area is 158 Å². The van der Waals surface area contributed by atoms with Gasteiger partial charge in [0, 0.05) is 6.42 Å². The number of methoxy groups -OCH3 is 1. The number of nitrogens with two attached hydrogens (primary N) is 1. The van der Waals surface area contributed by atoms with E-state index in [1.165, 1.54) is 0 Å². The van der Waals surface area contributed by atoms with Gasteiger partial charge in [0.25, 0.3) is 0 Å². The van der Waals surface area contributed by atoms with Gasteiger partial charge < -0.3 is 19.9 Å². The summed E-state index contributed by atoms with van der Waals surface area (Å²) < 4.78 is 14.7. The number of carbonyl (C=O) groups excluding carboxylic acids is 4. The lowest BCUT2D eigenvalue weighted by molar-refractivity contribution is -0.167. The van der Waals surface area contributed by atoms with Crippen LogP contribution in [-0.2, 0) is 40.0 Å². The molecule has 27 heavy (non-hydrogen) atoms. The van der Waals surface area contributed by atoms with Crippen molar-refractivity contribution in [1.82, 2.24) is 0 Å². The molecule has 0 aliphatic carbocycles. The highest BCUT2D eigenvalue weighted by molar-refractivity contribution is 6.09. The van der Waals surface area contributed by atoms with E-state index < -0.39 is 47.7 Å². The SMILES string of the molecule is COC(=O)C(N)(CC(=O)CC(=O)OC(C)(C)C)C(=O)OCc1ccccc1. The average molecular weight is 379 g/mol. The molecule has 0 heterocycles. The second kappa shape index (κ2) is 9.27. The fraction of sp³-hybridized carbons (Fsp3) is 0.474. The summed E-state index contributed by atoms with van der Waals surface area (Å²) in [6.45, 7) is 4.82. The molecule has 8 heteroatoms. The van der Waals surface area contributed by atoms with Crippen LogP contribution in [0.15, 0.2) is 30.3 Å². The molecule has 0 aliphatic rings. The maximum atomic E-state index is 12.4. The molecule has 0 bridgehead atoms. The van der Waals surface area contributed by atoms with Gasteiger partial charge in [-0.25, -0.2) is 9.59 Å². The van der Waals surface area contributed by atoms with E-state index in [0.29, 0.717) is 5.56 Å². The Morgan fingerprint density at radius 1 is 1.00 bits per heavy atom. The van der Waals surface area contributed by atoms with Gasteiger partial charge in [-0.05, 0) is 26.3 Å². The first-order chi connectivity index (χ1) is 12.5. The van der Waals surface area contributed by atoms with E-state index in [2.05, 4.69) is 4.74 Å². The molecule has 1 aromatic carbocycles. The summed E-state index contributed by atoms with van der Waals surface area (Å²) in [5, 5.41) is 0. The van der Waals surface area contributed by atoms with Crippen LogP contribution in [0.4, 0.5) is 0 Å². The first-order valence-corrected chi connectivity index (χ1v) is 8.30. The van der Waals surface area contributed by atoms with Crippen molar-refractivity contribution >= 4 is 23.7 Å². The minimum atomic E-state index is -2.34. The lowest BCUT2D eigenvalue weighted by atomic mass is 9.93. The molecule has 0 aliphatic heterocycles. The summed E-state index contributed by atoms with van der Waals surface area (Å²) >= 11 is 0. The van der Waals surface area contributed by atoms with Crippen LogP contribution in [0.5, 0.6) is 0 Å². The van der Waals surface area contributed by atoms with Gasteiger partial charge in [0.05, 0.1) is 7.11 Å². The predicted octanol–water partition coefficient (Wildman–Crippen LogP) is 1.29. The third kappa shape index (κ3) is 7.18. The molecule has 0 amide bonds. The molecule has 0 aromatic heterocycles. The van der Waals surface area contributed by atoms with Gasteiger partial charge in [0.1, 0.15) is 24.4 Å². The Kier molecular flexibility index (Phi) is 7.66. The van der Waals surface area contributed by atoms with E-state index in [1.54, 1.807) is 51.1 Å². The largest absolute Gasteiger partial charge is 0.467 e. The Balaban J connectivity index is 2.80. The predicted molar refractivity (Wildman–Crippen MR) is 95.3 cm³/mol.